The van der Waals surface area contributed by atoms with Crippen molar-refractivity contribution < 1.29 is 28.0 Å². The number of nitrogens with zero attached hydrogens (tertiary/aromatic N) is 2. The molecule has 0 saturated heterocycles. The predicted octanol–water partition coefficient (Wildman–Crippen LogP) is 4.20. The van der Waals surface area contributed by atoms with E-state index in [0.29, 0.717) is 0 Å². The van der Waals surface area contributed by atoms with E-state index in [4.69, 9.17) is 4.74 Å². The minimum absolute atomic E-state index is 0.0148. The molecule has 2 aromatic rings. The highest BCUT2D eigenvalue weighted by molar-refractivity contribution is 5.93. The summed E-state index contributed by atoms with van der Waals surface area (Å²) in [5.74, 6) is -0.784. The van der Waals surface area contributed by atoms with Crippen LogP contribution in [-0.2, 0) is 11.3 Å². The molecule has 0 aliphatic rings. The first-order valence-corrected chi connectivity index (χ1v) is 9.38. The summed E-state index contributed by atoms with van der Waals surface area (Å²) in [5.41, 5.74) is 3.47. The summed E-state index contributed by atoms with van der Waals surface area (Å²) in [4.78, 5) is 24.8. The number of nitrogens with one attached hydrogen (secondary N) is 1. The molecule has 8 nitrogen and oxygen atoms in total. The summed E-state index contributed by atoms with van der Waals surface area (Å²) in [7, 11) is 2.86. The molecule has 1 amide bonds. The van der Waals surface area contributed by atoms with Crippen LogP contribution in [0, 0.1) is 30.9 Å². The maximum atomic E-state index is 12.6. The van der Waals surface area contributed by atoms with Crippen molar-refractivity contribution in [3.63, 3.8) is 0 Å². The van der Waals surface area contributed by atoms with Crippen molar-refractivity contribution in [3.05, 3.63) is 56.6 Å². The molecular weight excluding hydrogens is 412 g/mol. The first-order chi connectivity index (χ1) is 14.5. The number of carbonyl (C=O) groups excluding carboxylic acids is 1. The third-order valence-corrected chi connectivity index (χ3v) is 4.57. The number of halogens is 2. The number of hydrogen-bond acceptors (Lipinski definition) is 6. The monoisotopic (exact) mass is 437 g/mol. The summed E-state index contributed by atoms with van der Waals surface area (Å²) in [6.45, 7) is 2.59. The van der Waals surface area contributed by atoms with Gasteiger partial charge in [0.15, 0.2) is 11.5 Å². The van der Waals surface area contributed by atoms with Gasteiger partial charge in [0.05, 0.1) is 24.6 Å². The summed E-state index contributed by atoms with van der Waals surface area (Å²) in [5, 5.41) is 14.3. The van der Waals surface area contributed by atoms with Crippen LogP contribution in [0.4, 0.5) is 20.2 Å². The third kappa shape index (κ3) is 6.35. The zero-order valence-corrected chi connectivity index (χ0v) is 18.0. The summed E-state index contributed by atoms with van der Waals surface area (Å²) in [6, 6.07) is 6.09. The Morgan fingerprint density at radius 2 is 1.77 bits per heavy atom. The number of carbonyl (C=O) groups is 1. The van der Waals surface area contributed by atoms with Gasteiger partial charge in [-0.15, -0.1) is 0 Å². The number of aryl methyl sites for hydroxylation is 3. The van der Waals surface area contributed by atoms with E-state index in [1.165, 1.54) is 13.2 Å². The number of nitro benzene ring substituents is 1. The van der Waals surface area contributed by atoms with Gasteiger partial charge in [-0.05, 0) is 45.0 Å². The van der Waals surface area contributed by atoms with E-state index in [1.54, 1.807) is 11.9 Å². The van der Waals surface area contributed by atoms with Crippen LogP contribution in [0.15, 0.2) is 24.3 Å². The minimum Gasteiger partial charge on any atom is -0.493 e. The molecule has 168 valence electrons. The second-order valence-electron chi connectivity index (χ2n) is 7.26. The molecule has 0 radical (unpaired) electrons. The molecule has 10 heteroatoms. The average Bonchev–Trinajstić information content (AvgIpc) is 2.64. The molecule has 1 N–H and O–H groups in total. The Bertz CT molecular complexity index is 959. The van der Waals surface area contributed by atoms with Crippen molar-refractivity contribution in [2.45, 2.75) is 33.9 Å². The minimum atomic E-state index is -3.15. The van der Waals surface area contributed by atoms with E-state index in [1.807, 2.05) is 32.9 Å². The van der Waals surface area contributed by atoms with E-state index in [9.17, 15) is 23.7 Å². The third-order valence-electron chi connectivity index (χ3n) is 4.57. The van der Waals surface area contributed by atoms with E-state index in [2.05, 4.69) is 10.1 Å². The van der Waals surface area contributed by atoms with Crippen LogP contribution in [0.1, 0.15) is 22.3 Å². The predicted molar refractivity (Wildman–Crippen MR) is 112 cm³/mol. The maximum Gasteiger partial charge on any atom is 0.387 e. The van der Waals surface area contributed by atoms with Gasteiger partial charge in [-0.1, -0.05) is 17.7 Å². The first-order valence-electron chi connectivity index (χ1n) is 9.38. The van der Waals surface area contributed by atoms with Crippen molar-refractivity contribution in [2.24, 2.45) is 0 Å². The van der Waals surface area contributed by atoms with Gasteiger partial charge >= 0.3 is 6.61 Å². The highest BCUT2D eigenvalue weighted by atomic mass is 19.3. The molecule has 0 bridgehead atoms. The van der Waals surface area contributed by atoms with Crippen LogP contribution < -0.4 is 14.8 Å². The lowest BCUT2D eigenvalue weighted by Gasteiger charge is -2.19. The van der Waals surface area contributed by atoms with Gasteiger partial charge in [-0.3, -0.25) is 19.8 Å². The lowest BCUT2D eigenvalue weighted by molar-refractivity contribution is -0.385. The van der Waals surface area contributed by atoms with E-state index in [0.717, 1.165) is 28.4 Å². The maximum absolute atomic E-state index is 12.6. The molecule has 0 unspecified atom stereocenters. The Hall–Kier alpha value is -3.27. The average molecular weight is 437 g/mol. The molecule has 0 aliphatic heterocycles. The second-order valence-corrected chi connectivity index (χ2v) is 7.26. The number of methoxy groups -OCH3 is 1. The van der Waals surface area contributed by atoms with Crippen molar-refractivity contribution in [1.82, 2.24) is 4.90 Å². The van der Waals surface area contributed by atoms with Crippen LogP contribution in [0.5, 0.6) is 11.5 Å². The normalized spacial score (nSPS) is 11.0. The Balaban J connectivity index is 2.18. The van der Waals surface area contributed by atoms with Gasteiger partial charge in [0.2, 0.25) is 5.91 Å². The van der Waals surface area contributed by atoms with Crippen molar-refractivity contribution >= 4 is 17.3 Å². The van der Waals surface area contributed by atoms with Gasteiger partial charge in [-0.2, -0.15) is 8.78 Å². The van der Waals surface area contributed by atoms with Gasteiger partial charge in [0.25, 0.3) is 5.69 Å². The van der Waals surface area contributed by atoms with Gasteiger partial charge in [-0.25, -0.2) is 0 Å². The first kappa shape index (κ1) is 24.0. The number of rotatable bonds is 9. The van der Waals surface area contributed by atoms with Crippen molar-refractivity contribution in [1.29, 1.82) is 0 Å². The molecule has 0 aromatic heterocycles. The smallest absolute Gasteiger partial charge is 0.387 e. The second kappa shape index (κ2) is 10.2. The molecule has 0 saturated carbocycles. The lowest BCUT2D eigenvalue weighted by Crippen LogP contribution is -2.30. The molecule has 0 heterocycles. The quantitative estimate of drug-likeness (QED) is 0.467. The molecule has 2 rings (SSSR count). The molecule has 0 atom stereocenters. The summed E-state index contributed by atoms with van der Waals surface area (Å²) in [6.07, 6.45) is 0. The number of amides is 1. The summed E-state index contributed by atoms with van der Waals surface area (Å²) < 4.78 is 34.5. The van der Waals surface area contributed by atoms with E-state index < -0.39 is 23.0 Å². The highest BCUT2D eigenvalue weighted by Gasteiger charge is 2.23. The zero-order valence-electron chi connectivity index (χ0n) is 18.0. The SMILES string of the molecule is COc1cc(CN(C)CC(=O)Nc2c(C)cc(C)cc2C)c([N+](=O)[O-])cc1OC(F)F. The summed E-state index contributed by atoms with van der Waals surface area (Å²) >= 11 is 0. The molecule has 2 aromatic carbocycles. The molecule has 0 fully saturated rings. The fourth-order valence-electron chi connectivity index (χ4n) is 3.38. The number of alkyl halides is 2. The van der Waals surface area contributed by atoms with E-state index in [-0.39, 0.29) is 30.3 Å². The fourth-order valence-corrected chi connectivity index (χ4v) is 3.38. The van der Waals surface area contributed by atoms with Crippen LogP contribution in [0.3, 0.4) is 0 Å². The van der Waals surface area contributed by atoms with Crippen molar-refractivity contribution in [2.75, 3.05) is 26.0 Å². The van der Waals surface area contributed by atoms with Crippen LogP contribution in [0.25, 0.3) is 0 Å². The largest absolute Gasteiger partial charge is 0.493 e. The van der Waals surface area contributed by atoms with Crippen LogP contribution >= 0.6 is 0 Å². The lowest BCUT2D eigenvalue weighted by atomic mass is 10.1. The van der Waals surface area contributed by atoms with Gasteiger partial charge in [0.1, 0.15) is 0 Å². The standard InChI is InChI=1S/C21H25F2N3O5/c1-12-6-13(2)20(14(3)7-12)24-19(27)11-25(4)10-15-8-17(30-5)18(31-21(22)23)9-16(15)26(28)29/h6-9,21H,10-11H2,1-5H3,(H,24,27). The van der Waals surface area contributed by atoms with Crippen LogP contribution in [0.2, 0.25) is 0 Å². The number of benzene rings is 2. The molecule has 31 heavy (non-hydrogen) atoms. The molecule has 0 spiro atoms. The fraction of sp³-hybridized carbons (Fsp3) is 0.381. The Kier molecular flexibility index (Phi) is 7.87. The zero-order chi connectivity index (χ0) is 23.3. The molecular formula is C21H25F2N3O5. The Labute approximate surface area is 178 Å². The van der Waals surface area contributed by atoms with Gasteiger partial charge in [0, 0.05) is 17.8 Å². The number of likely N-dealkylation sites (N-methyl/N-ethyl adjacent to an activating group) is 1. The Morgan fingerprint density at radius 1 is 1.16 bits per heavy atom. The number of hydrogen-bond donors (Lipinski definition) is 1. The van der Waals surface area contributed by atoms with Crippen molar-refractivity contribution in [3.8, 4) is 11.5 Å². The highest BCUT2D eigenvalue weighted by Crippen LogP contribution is 2.36. The number of nitro groups is 1. The number of anilines is 1. The topological polar surface area (TPSA) is 93.9 Å². The van der Waals surface area contributed by atoms with Gasteiger partial charge < -0.3 is 14.8 Å². The van der Waals surface area contributed by atoms with E-state index >= 15 is 0 Å². The van der Waals surface area contributed by atoms with Crippen LogP contribution in [-0.4, -0.2) is 43.0 Å². The molecule has 0 aliphatic carbocycles. The number of ether oxygens (including phenoxy) is 2. The Morgan fingerprint density at radius 3 is 2.29 bits per heavy atom.